The fourth-order valence-corrected chi connectivity index (χ4v) is 3.62. The van der Waals surface area contributed by atoms with E-state index in [2.05, 4.69) is 0 Å². The summed E-state index contributed by atoms with van der Waals surface area (Å²) in [4.78, 5) is 36.6. The van der Waals surface area contributed by atoms with E-state index in [1.807, 2.05) is 0 Å². The summed E-state index contributed by atoms with van der Waals surface area (Å²) in [7, 11) is 0. The van der Waals surface area contributed by atoms with Crippen LogP contribution >= 0.6 is 0 Å². The third kappa shape index (κ3) is 3.97. The zero-order chi connectivity index (χ0) is 17.8. The van der Waals surface area contributed by atoms with Gasteiger partial charge in [-0.15, -0.1) is 0 Å². The van der Waals surface area contributed by atoms with Crippen molar-refractivity contribution < 1.29 is 19.2 Å². The molecule has 0 bridgehead atoms. The van der Waals surface area contributed by atoms with Crippen LogP contribution in [-0.2, 0) is 20.7 Å². The van der Waals surface area contributed by atoms with E-state index >= 15 is 0 Å². The molecule has 1 aliphatic heterocycles. The van der Waals surface area contributed by atoms with Crippen LogP contribution in [0.15, 0.2) is 18.2 Å². The number of carbonyl (C=O) groups excluding carboxylic acids is 2. The summed E-state index contributed by atoms with van der Waals surface area (Å²) in [5.41, 5.74) is 1.49. The summed E-state index contributed by atoms with van der Waals surface area (Å²) >= 11 is 0. The van der Waals surface area contributed by atoms with Gasteiger partial charge in [-0.2, -0.15) is 0 Å². The average Bonchev–Trinajstić information content (AvgIpc) is 2.65. The number of aryl methyl sites for hydroxylation is 1. The number of hydrogen-bond donors (Lipinski definition) is 0. The van der Waals surface area contributed by atoms with Gasteiger partial charge >= 0.3 is 5.97 Å². The fourth-order valence-electron chi connectivity index (χ4n) is 3.62. The zero-order valence-electron chi connectivity index (χ0n) is 14.1. The molecule has 0 unspecified atom stereocenters. The molecule has 1 heterocycles. The Bertz CT molecular complexity index is 682. The van der Waals surface area contributed by atoms with Crippen molar-refractivity contribution in [1.82, 2.24) is 0 Å². The second-order valence-corrected chi connectivity index (χ2v) is 6.66. The number of amides is 1. The van der Waals surface area contributed by atoms with E-state index in [-0.39, 0.29) is 30.1 Å². The summed E-state index contributed by atoms with van der Waals surface area (Å²) < 4.78 is 5.24. The highest BCUT2D eigenvalue weighted by Gasteiger charge is 2.27. The molecule has 0 aromatic heterocycles. The molecule has 7 heteroatoms. The van der Waals surface area contributed by atoms with Crippen LogP contribution in [-0.4, -0.2) is 30.0 Å². The van der Waals surface area contributed by atoms with Gasteiger partial charge in [0.15, 0.2) is 6.61 Å². The van der Waals surface area contributed by atoms with E-state index in [1.54, 1.807) is 11.0 Å². The van der Waals surface area contributed by atoms with Crippen LogP contribution in [0.4, 0.5) is 11.4 Å². The van der Waals surface area contributed by atoms with Crippen molar-refractivity contribution in [2.24, 2.45) is 5.92 Å². The Morgan fingerprint density at radius 1 is 1.20 bits per heavy atom. The van der Waals surface area contributed by atoms with Crippen LogP contribution in [0.3, 0.4) is 0 Å². The molecule has 1 aromatic rings. The van der Waals surface area contributed by atoms with Gasteiger partial charge in [-0.3, -0.25) is 19.7 Å². The van der Waals surface area contributed by atoms with Gasteiger partial charge in [-0.1, -0.05) is 19.3 Å². The molecule has 1 saturated carbocycles. The van der Waals surface area contributed by atoms with Crippen LogP contribution < -0.4 is 4.90 Å². The lowest BCUT2D eigenvalue weighted by molar-refractivity contribution is -0.384. The van der Waals surface area contributed by atoms with Crippen LogP contribution in [0, 0.1) is 16.0 Å². The molecule has 7 nitrogen and oxygen atoms in total. The Hall–Kier alpha value is -2.44. The first kappa shape index (κ1) is 17.4. The molecular formula is C18H22N2O5. The van der Waals surface area contributed by atoms with E-state index in [4.69, 9.17) is 4.74 Å². The molecule has 1 amide bonds. The number of esters is 1. The minimum absolute atomic E-state index is 0.0248. The van der Waals surface area contributed by atoms with Gasteiger partial charge in [-0.05, 0) is 37.3 Å². The normalized spacial score (nSPS) is 17.7. The number of ether oxygens (including phenoxy) is 1. The minimum Gasteiger partial charge on any atom is -0.455 e. The first-order chi connectivity index (χ1) is 12.1. The van der Waals surface area contributed by atoms with E-state index in [9.17, 15) is 19.7 Å². The lowest BCUT2D eigenvalue weighted by Gasteiger charge is -2.29. The summed E-state index contributed by atoms with van der Waals surface area (Å²) in [6, 6.07) is 4.52. The first-order valence-electron chi connectivity index (χ1n) is 8.80. The van der Waals surface area contributed by atoms with Gasteiger partial charge in [0.1, 0.15) is 0 Å². The molecular weight excluding hydrogens is 324 g/mol. The number of anilines is 1. The van der Waals surface area contributed by atoms with Crippen LogP contribution in [0.5, 0.6) is 0 Å². The predicted molar refractivity (Wildman–Crippen MR) is 91.3 cm³/mol. The number of nitro benzene ring substituents is 1. The number of hydrogen-bond acceptors (Lipinski definition) is 5. The Morgan fingerprint density at radius 3 is 2.68 bits per heavy atom. The van der Waals surface area contributed by atoms with Crippen molar-refractivity contribution in [1.29, 1.82) is 0 Å². The third-order valence-corrected chi connectivity index (χ3v) is 4.97. The molecule has 0 spiro atoms. The molecule has 1 aliphatic carbocycles. The van der Waals surface area contributed by atoms with E-state index in [0.717, 1.165) is 44.1 Å². The van der Waals surface area contributed by atoms with Gasteiger partial charge in [0.25, 0.3) is 11.6 Å². The number of non-ortho nitro benzene ring substituents is 1. The monoisotopic (exact) mass is 346 g/mol. The molecule has 0 atom stereocenters. The summed E-state index contributed by atoms with van der Waals surface area (Å²) in [5.74, 6) is -0.647. The van der Waals surface area contributed by atoms with Crippen LogP contribution in [0.25, 0.3) is 0 Å². The van der Waals surface area contributed by atoms with Crippen molar-refractivity contribution in [2.45, 2.75) is 44.9 Å². The molecule has 3 rings (SSSR count). The van der Waals surface area contributed by atoms with E-state index in [1.165, 1.54) is 12.1 Å². The predicted octanol–water partition coefficient (Wildman–Crippen LogP) is 3.00. The summed E-state index contributed by atoms with van der Waals surface area (Å²) in [5, 5.41) is 10.9. The molecule has 0 saturated heterocycles. The maximum atomic E-state index is 12.5. The third-order valence-electron chi connectivity index (χ3n) is 4.97. The van der Waals surface area contributed by atoms with Gasteiger partial charge < -0.3 is 9.64 Å². The Labute approximate surface area is 146 Å². The minimum atomic E-state index is -0.438. The Morgan fingerprint density at radius 2 is 1.96 bits per heavy atom. The number of nitrogens with zero attached hydrogens (tertiary/aromatic N) is 2. The smallest absolute Gasteiger partial charge is 0.309 e. The molecule has 134 valence electrons. The van der Waals surface area contributed by atoms with Crippen molar-refractivity contribution in [3.05, 3.63) is 33.9 Å². The highest BCUT2D eigenvalue weighted by molar-refractivity contribution is 5.96. The van der Waals surface area contributed by atoms with Gasteiger partial charge in [0.05, 0.1) is 10.8 Å². The average molecular weight is 346 g/mol. The lowest BCUT2D eigenvalue weighted by atomic mass is 9.89. The van der Waals surface area contributed by atoms with Crippen molar-refractivity contribution >= 4 is 23.3 Å². The van der Waals surface area contributed by atoms with Crippen molar-refractivity contribution in [3.8, 4) is 0 Å². The fraction of sp³-hybridized carbons (Fsp3) is 0.556. The van der Waals surface area contributed by atoms with E-state index in [0.29, 0.717) is 18.7 Å². The lowest BCUT2D eigenvalue weighted by Crippen LogP contribution is -2.39. The Balaban J connectivity index is 1.63. The molecule has 0 N–H and O–H groups in total. The second kappa shape index (κ2) is 7.63. The molecule has 0 radical (unpaired) electrons. The molecule has 2 aliphatic rings. The largest absolute Gasteiger partial charge is 0.455 e. The number of fused-ring (bicyclic) bond motifs is 1. The zero-order valence-corrected chi connectivity index (χ0v) is 14.1. The number of carbonyl (C=O) groups is 2. The number of rotatable bonds is 4. The SMILES string of the molecule is O=C(OCC(=O)N1CCCc2cc([N+](=O)[O-])ccc21)C1CCCCC1. The standard InChI is InChI=1S/C18H22N2O5/c21-17(12-25-18(22)13-5-2-1-3-6-13)19-10-4-7-14-11-15(20(23)24)8-9-16(14)19/h8-9,11,13H,1-7,10,12H2. The first-order valence-corrected chi connectivity index (χ1v) is 8.80. The highest BCUT2D eigenvalue weighted by Crippen LogP contribution is 2.30. The van der Waals surface area contributed by atoms with Gasteiger partial charge in [0, 0.05) is 24.4 Å². The Kier molecular flexibility index (Phi) is 5.31. The topological polar surface area (TPSA) is 89.8 Å². The highest BCUT2D eigenvalue weighted by atomic mass is 16.6. The maximum absolute atomic E-state index is 12.5. The van der Waals surface area contributed by atoms with Crippen molar-refractivity contribution in [3.63, 3.8) is 0 Å². The number of nitro groups is 1. The van der Waals surface area contributed by atoms with Gasteiger partial charge in [-0.25, -0.2) is 0 Å². The van der Waals surface area contributed by atoms with Gasteiger partial charge in [0.2, 0.25) is 0 Å². The summed E-state index contributed by atoms with van der Waals surface area (Å²) in [6.07, 6.45) is 6.32. The second-order valence-electron chi connectivity index (χ2n) is 6.66. The molecule has 25 heavy (non-hydrogen) atoms. The number of benzene rings is 1. The van der Waals surface area contributed by atoms with Crippen molar-refractivity contribution in [2.75, 3.05) is 18.1 Å². The van der Waals surface area contributed by atoms with E-state index < -0.39 is 4.92 Å². The summed E-state index contributed by atoms with van der Waals surface area (Å²) in [6.45, 7) is 0.260. The van der Waals surface area contributed by atoms with Crippen LogP contribution in [0.1, 0.15) is 44.1 Å². The molecule has 1 fully saturated rings. The quantitative estimate of drug-likeness (QED) is 0.475. The molecule has 1 aromatic carbocycles. The van der Waals surface area contributed by atoms with Crippen LogP contribution in [0.2, 0.25) is 0 Å². The maximum Gasteiger partial charge on any atom is 0.309 e.